The minimum atomic E-state index is 0.579. The molecule has 0 aliphatic rings. The second-order valence-electron chi connectivity index (χ2n) is 4.07. The molecule has 0 spiro atoms. The molecule has 1 aromatic carbocycles. The van der Waals surface area contributed by atoms with Gasteiger partial charge in [-0.15, -0.1) is 0 Å². The number of aromatic amines is 1. The number of aromatic nitrogens is 4. The lowest BCUT2D eigenvalue weighted by atomic mass is 10.2. The number of nitrogens with zero attached hydrogens (tertiary/aromatic N) is 3. The summed E-state index contributed by atoms with van der Waals surface area (Å²) in [7, 11) is 1.80. The average Bonchev–Trinajstić information content (AvgIpc) is 2.89. The molecule has 0 radical (unpaired) electrons. The Balaban J connectivity index is 2.09. The fourth-order valence-electron chi connectivity index (χ4n) is 1.77. The molecular formula is C13H13N5S. The van der Waals surface area contributed by atoms with Crippen LogP contribution >= 0.6 is 11.8 Å². The molecular weight excluding hydrogens is 258 g/mol. The first kappa shape index (κ1) is 12.0. The molecule has 6 heteroatoms. The standard InChI is InChI=1S/C13H13N5S/c1-8-5-3-4-6-9(8)19-12-10-11(16-7-15-10)17-13(14-2)18-12/h3-7H,1-2H3,(H2,14,15,16,17,18). The van der Waals surface area contributed by atoms with Gasteiger partial charge in [-0.3, -0.25) is 0 Å². The molecule has 0 saturated carbocycles. The lowest BCUT2D eigenvalue weighted by Crippen LogP contribution is -1.98. The molecule has 0 atom stereocenters. The van der Waals surface area contributed by atoms with E-state index in [0.29, 0.717) is 11.6 Å². The summed E-state index contributed by atoms with van der Waals surface area (Å²) in [6.45, 7) is 2.09. The van der Waals surface area contributed by atoms with E-state index in [1.807, 2.05) is 12.1 Å². The number of hydrogen-bond acceptors (Lipinski definition) is 5. The number of rotatable bonds is 3. The maximum Gasteiger partial charge on any atom is 0.225 e. The summed E-state index contributed by atoms with van der Waals surface area (Å²) in [5.74, 6) is 0.579. The predicted molar refractivity (Wildman–Crippen MR) is 76.5 cm³/mol. The molecule has 3 aromatic rings. The van der Waals surface area contributed by atoms with E-state index in [-0.39, 0.29) is 0 Å². The van der Waals surface area contributed by atoms with Crippen molar-refractivity contribution in [2.45, 2.75) is 16.8 Å². The summed E-state index contributed by atoms with van der Waals surface area (Å²) in [4.78, 5) is 17.3. The Hall–Kier alpha value is -2.08. The highest BCUT2D eigenvalue weighted by Gasteiger charge is 2.11. The summed E-state index contributed by atoms with van der Waals surface area (Å²) >= 11 is 1.62. The maximum absolute atomic E-state index is 4.50. The number of anilines is 1. The van der Waals surface area contributed by atoms with Crippen molar-refractivity contribution in [3.63, 3.8) is 0 Å². The van der Waals surface area contributed by atoms with Gasteiger partial charge in [0.2, 0.25) is 5.95 Å². The van der Waals surface area contributed by atoms with Crippen molar-refractivity contribution in [1.82, 2.24) is 19.9 Å². The van der Waals surface area contributed by atoms with Crippen molar-refractivity contribution < 1.29 is 0 Å². The number of hydrogen-bond donors (Lipinski definition) is 2. The highest BCUT2D eigenvalue weighted by molar-refractivity contribution is 7.99. The summed E-state index contributed by atoms with van der Waals surface area (Å²) in [5, 5.41) is 3.84. The van der Waals surface area contributed by atoms with Gasteiger partial charge in [0.25, 0.3) is 0 Å². The van der Waals surface area contributed by atoms with Crippen molar-refractivity contribution >= 4 is 28.9 Å². The van der Waals surface area contributed by atoms with Gasteiger partial charge < -0.3 is 10.3 Å². The molecule has 0 fully saturated rings. The van der Waals surface area contributed by atoms with E-state index in [4.69, 9.17) is 0 Å². The van der Waals surface area contributed by atoms with E-state index >= 15 is 0 Å². The SMILES string of the molecule is CNc1nc(Sc2ccccc2C)c2[nH]cnc2n1. The van der Waals surface area contributed by atoms with Gasteiger partial charge in [-0.1, -0.05) is 30.0 Å². The normalized spacial score (nSPS) is 10.8. The fraction of sp³-hybridized carbons (Fsp3) is 0.154. The van der Waals surface area contributed by atoms with Crippen LogP contribution in [-0.4, -0.2) is 27.0 Å². The van der Waals surface area contributed by atoms with Crippen LogP contribution in [0.2, 0.25) is 0 Å². The Labute approximate surface area is 114 Å². The zero-order chi connectivity index (χ0) is 13.2. The van der Waals surface area contributed by atoms with Crippen LogP contribution < -0.4 is 5.32 Å². The van der Waals surface area contributed by atoms with E-state index in [0.717, 1.165) is 10.5 Å². The Morgan fingerprint density at radius 3 is 2.84 bits per heavy atom. The second-order valence-corrected chi connectivity index (χ2v) is 5.10. The minimum Gasteiger partial charge on any atom is -0.357 e. The summed E-state index contributed by atoms with van der Waals surface area (Å²) < 4.78 is 0. The first-order chi connectivity index (χ1) is 9.28. The van der Waals surface area contributed by atoms with Crippen LogP contribution in [0.1, 0.15) is 5.56 Å². The van der Waals surface area contributed by atoms with Crippen LogP contribution in [0.15, 0.2) is 40.5 Å². The quantitative estimate of drug-likeness (QED) is 0.717. The lowest BCUT2D eigenvalue weighted by molar-refractivity contribution is 1.08. The molecule has 0 aliphatic heterocycles. The monoisotopic (exact) mass is 271 g/mol. The number of fused-ring (bicyclic) bond motifs is 1. The van der Waals surface area contributed by atoms with Gasteiger partial charge in [-0.2, -0.15) is 4.98 Å². The number of H-pyrrole nitrogens is 1. The van der Waals surface area contributed by atoms with E-state index < -0.39 is 0 Å². The average molecular weight is 271 g/mol. The Morgan fingerprint density at radius 2 is 2.05 bits per heavy atom. The third-order valence-electron chi connectivity index (χ3n) is 2.78. The molecule has 5 nitrogen and oxygen atoms in total. The van der Waals surface area contributed by atoms with Crippen molar-refractivity contribution in [2.24, 2.45) is 0 Å². The molecule has 2 N–H and O–H groups in total. The van der Waals surface area contributed by atoms with Crippen LogP contribution in [0.3, 0.4) is 0 Å². The zero-order valence-electron chi connectivity index (χ0n) is 10.6. The second kappa shape index (κ2) is 4.89. The Bertz CT molecular complexity index is 722. The summed E-state index contributed by atoms with van der Waals surface area (Å²) in [6, 6.07) is 8.24. The van der Waals surface area contributed by atoms with Crippen molar-refractivity contribution in [1.29, 1.82) is 0 Å². The number of nitrogens with one attached hydrogen (secondary N) is 2. The molecule has 0 bridgehead atoms. The van der Waals surface area contributed by atoms with E-state index in [2.05, 4.69) is 44.3 Å². The molecule has 0 unspecified atom stereocenters. The third-order valence-corrected chi connectivity index (χ3v) is 3.94. The van der Waals surface area contributed by atoms with Crippen molar-refractivity contribution in [2.75, 3.05) is 12.4 Å². The van der Waals surface area contributed by atoms with Crippen LogP contribution in [0.25, 0.3) is 11.2 Å². The lowest BCUT2D eigenvalue weighted by Gasteiger charge is -2.06. The first-order valence-corrected chi connectivity index (χ1v) is 6.72. The molecule has 96 valence electrons. The van der Waals surface area contributed by atoms with Crippen LogP contribution in [0.4, 0.5) is 5.95 Å². The van der Waals surface area contributed by atoms with Gasteiger partial charge in [-0.25, -0.2) is 9.97 Å². The van der Waals surface area contributed by atoms with E-state index in [9.17, 15) is 0 Å². The fourth-order valence-corrected chi connectivity index (χ4v) is 2.74. The number of benzene rings is 1. The van der Waals surface area contributed by atoms with Gasteiger partial charge in [-0.05, 0) is 18.6 Å². The maximum atomic E-state index is 4.50. The highest BCUT2D eigenvalue weighted by Crippen LogP contribution is 2.32. The number of imidazole rings is 1. The molecule has 2 aromatic heterocycles. The molecule has 3 rings (SSSR count). The summed E-state index contributed by atoms with van der Waals surface area (Å²) in [5.41, 5.74) is 2.77. The van der Waals surface area contributed by atoms with Gasteiger partial charge in [0.05, 0.1) is 6.33 Å². The number of aryl methyl sites for hydroxylation is 1. The Kier molecular flexibility index (Phi) is 3.08. The van der Waals surface area contributed by atoms with Crippen LogP contribution in [-0.2, 0) is 0 Å². The molecule has 19 heavy (non-hydrogen) atoms. The van der Waals surface area contributed by atoms with Gasteiger partial charge in [0, 0.05) is 11.9 Å². The van der Waals surface area contributed by atoms with Crippen LogP contribution in [0.5, 0.6) is 0 Å². The molecule has 0 saturated heterocycles. The van der Waals surface area contributed by atoms with E-state index in [1.165, 1.54) is 10.5 Å². The van der Waals surface area contributed by atoms with Crippen LogP contribution in [0, 0.1) is 6.92 Å². The molecule has 0 aliphatic carbocycles. The van der Waals surface area contributed by atoms with Crippen molar-refractivity contribution in [3.05, 3.63) is 36.2 Å². The van der Waals surface area contributed by atoms with Gasteiger partial charge in [0.1, 0.15) is 10.5 Å². The summed E-state index contributed by atoms with van der Waals surface area (Å²) in [6.07, 6.45) is 1.64. The highest BCUT2D eigenvalue weighted by atomic mass is 32.2. The zero-order valence-corrected chi connectivity index (χ0v) is 11.5. The molecule has 0 amide bonds. The minimum absolute atomic E-state index is 0.579. The van der Waals surface area contributed by atoms with Gasteiger partial charge in [0.15, 0.2) is 5.65 Å². The van der Waals surface area contributed by atoms with E-state index in [1.54, 1.807) is 25.1 Å². The first-order valence-electron chi connectivity index (χ1n) is 5.90. The third kappa shape index (κ3) is 2.26. The predicted octanol–water partition coefficient (Wildman–Crippen LogP) is 2.85. The van der Waals surface area contributed by atoms with Crippen molar-refractivity contribution in [3.8, 4) is 0 Å². The largest absolute Gasteiger partial charge is 0.357 e. The van der Waals surface area contributed by atoms with Gasteiger partial charge >= 0.3 is 0 Å². The topological polar surface area (TPSA) is 66.5 Å². The molecule has 2 heterocycles. The Morgan fingerprint density at radius 1 is 1.21 bits per heavy atom. The smallest absolute Gasteiger partial charge is 0.225 e.